The second kappa shape index (κ2) is 5.03. The van der Waals surface area contributed by atoms with Gasteiger partial charge in [-0.2, -0.15) is 5.26 Å². The van der Waals surface area contributed by atoms with E-state index >= 15 is 0 Å². The summed E-state index contributed by atoms with van der Waals surface area (Å²) in [6.45, 7) is 6.11. The van der Waals surface area contributed by atoms with Crippen molar-refractivity contribution in [1.82, 2.24) is 0 Å². The first-order chi connectivity index (χ1) is 9.01. The predicted octanol–water partition coefficient (Wildman–Crippen LogP) is 3.86. The standard InChI is InChI=1S/C16H16N2O/c1-10-6-11(2)12(3)16(7-10)19-14-4-5-15(18)13(8-14)9-17/h4-8H,18H2,1-3H3. The van der Waals surface area contributed by atoms with Crippen LogP contribution in [0.5, 0.6) is 11.5 Å². The Balaban J connectivity index is 2.39. The largest absolute Gasteiger partial charge is 0.457 e. The summed E-state index contributed by atoms with van der Waals surface area (Å²) >= 11 is 0. The van der Waals surface area contributed by atoms with Gasteiger partial charge in [-0.3, -0.25) is 0 Å². The molecule has 0 spiro atoms. The highest BCUT2D eigenvalue weighted by Gasteiger charge is 2.07. The number of anilines is 1. The summed E-state index contributed by atoms with van der Waals surface area (Å²) in [4.78, 5) is 0. The highest BCUT2D eigenvalue weighted by Crippen LogP contribution is 2.29. The van der Waals surface area contributed by atoms with E-state index in [1.165, 1.54) is 5.56 Å². The van der Waals surface area contributed by atoms with Crippen LogP contribution in [0.2, 0.25) is 0 Å². The van der Waals surface area contributed by atoms with Crippen LogP contribution in [0.4, 0.5) is 5.69 Å². The maximum Gasteiger partial charge on any atom is 0.130 e. The van der Waals surface area contributed by atoms with Gasteiger partial charge in [0.05, 0.1) is 5.56 Å². The monoisotopic (exact) mass is 252 g/mol. The van der Waals surface area contributed by atoms with Crippen molar-refractivity contribution in [2.24, 2.45) is 0 Å². The molecule has 2 N–H and O–H groups in total. The smallest absolute Gasteiger partial charge is 0.130 e. The fraction of sp³-hybridized carbons (Fsp3) is 0.188. The molecule has 2 aromatic carbocycles. The molecule has 0 fully saturated rings. The van der Waals surface area contributed by atoms with Crippen LogP contribution >= 0.6 is 0 Å². The van der Waals surface area contributed by atoms with Gasteiger partial charge in [-0.1, -0.05) is 6.07 Å². The van der Waals surface area contributed by atoms with Crippen molar-refractivity contribution < 1.29 is 4.74 Å². The number of ether oxygens (including phenoxy) is 1. The SMILES string of the molecule is Cc1cc(C)c(C)c(Oc2ccc(N)c(C#N)c2)c1. The number of nitrogens with zero attached hydrogens (tertiary/aromatic N) is 1. The van der Waals surface area contributed by atoms with Crippen molar-refractivity contribution in [1.29, 1.82) is 5.26 Å². The lowest BCUT2D eigenvalue weighted by molar-refractivity contribution is 0.478. The van der Waals surface area contributed by atoms with Gasteiger partial charge in [0.2, 0.25) is 0 Å². The summed E-state index contributed by atoms with van der Waals surface area (Å²) in [7, 11) is 0. The molecular weight excluding hydrogens is 236 g/mol. The van der Waals surface area contributed by atoms with E-state index < -0.39 is 0 Å². The van der Waals surface area contributed by atoms with E-state index in [4.69, 9.17) is 15.7 Å². The molecule has 2 aromatic rings. The van der Waals surface area contributed by atoms with Gasteiger partial charge in [-0.25, -0.2) is 0 Å². The van der Waals surface area contributed by atoms with E-state index in [1.807, 2.05) is 19.9 Å². The molecule has 0 atom stereocenters. The molecule has 0 saturated carbocycles. The van der Waals surface area contributed by atoms with E-state index in [1.54, 1.807) is 18.2 Å². The van der Waals surface area contributed by atoms with Crippen LogP contribution in [0.15, 0.2) is 30.3 Å². The first-order valence-electron chi connectivity index (χ1n) is 6.06. The number of nitriles is 1. The van der Waals surface area contributed by atoms with Crippen molar-refractivity contribution in [2.75, 3.05) is 5.73 Å². The molecule has 19 heavy (non-hydrogen) atoms. The molecule has 3 nitrogen and oxygen atoms in total. The molecule has 0 unspecified atom stereocenters. The number of aryl methyl sites for hydroxylation is 2. The van der Waals surface area contributed by atoms with Crippen LogP contribution in [0.25, 0.3) is 0 Å². The molecule has 0 radical (unpaired) electrons. The summed E-state index contributed by atoms with van der Waals surface area (Å²) in [5.41, 5.74) is 10.0. The lowest BCUT2D eigenvalue weighted by Crippen LogP contribution is -1.94. The second-order valence-electron chi connectivity index (χ2n) is 4.67. The number of hydrogen-bond acceptors (Lipinski definition) is 3. The number of nitrogen functional groups attached to an aromatic ring is 1. The van der Waals surface area contributed by atoms with E-state index in [0.717, 1.165) is 16.9 Å². The Morgan fingerprint density at radius 3 is 2.53 bits per heavy atom. The van der Waals surface area contributed by atoms with Crippen molar-refractivity contribution in [3.8, 4) is 17.6 Å². The molecule has 96 valence electrons. The summed E-state index contributed by atoms with van der Waals surface area (Å²) in [5, 5.41) is 8.97. The molecule has 2 rings (SSSR count). The average molecular weight is 252 g/mol. The molecule has 0 saturated heterocycles. The molecule has 0 aromatic heterocycles. The van der Waals surface area contributed by atoms with Gasteiger partial charge in [0, 0.05) is 11.8 Å². The summed E-state index contributed by atoms with van der Waals surface area (Å²) in [6, 6.07) is 11.3. The second-order valence-corrected chi connectivity index (χ2v) is 4.67. The van der Waals surface area contributed by atoms with Crippen molar-refractivity contribution in [2.45, 2.75) is 20.8 Å². The van der Waals surface area contributed by atoms with Gasteiger partial charge >= 0.3 is 0 Å². The Labute approximate surface area is 113 Å². The average Bonchev–Trinajstić information content (AvgIpc) is 2.37. The third-order valence-electron chi connectivity index (χ3n) is 3.14. The lowest BCUT2D eigenvalue weighted by Gasteiger charge is -2.12. The fourth-order valence-corrected chi connectivity index (χ4v) is 1.93. The minimum Gasteiger partial charge on any atom is -0.457 e. The van der Waals surface area contributed by atoms with Gasteiger partial charge in [0.25, 0.3) is 0 Å². The first-order valence-corrected chi connectivity index (χ1v) is 6.06. The number of hydrogen-bond donors (Lipinski definition) is 1. The maximum absolute atomic E-state index is 8.97. The van der Waals surface area contributed by atoms with E-state index in [-0.39, 0.29) is 0 Å². The molecular formula is C16H16N2O. The number of nitrogens with two attached hydrogens (primary N) is 1. The Bertz CT molecular complexity index is 669. The quantitative estimate of drug-likeness (QED) is 0.826. The van der Waals surface area contributed by atoms with Crippen LogP contribution in [0, 0.1) is 32.1 Å². The minimum absolute atomic E-state index is 0.430. The van der Waals surface area contributed by atoms with Crippen LogP contribution in [-0.2, 0) is 0 Å². The molecule has 0 aliphatic rings. The van der Waals surface area contributed by atoms with Crippen LogP contribution in [-0.4, -0.2) is 0 Å². The molecule has 3 heteroatoms. The number of rotatable bonds is 2. The van der Waals surface area contributed by atoms with Crippen LogP contribution in [0.3, 0.4) is 0 Å². The molecule has 0 aliphatic carbocycles. The Kier molecular flexibility index (Phi) is 3.43. The van der Waals surface area contributed by atoms with Crippen molar-refractivity contribution in [3.63, 3.8) is 0 Å². The topological polar surface area (TPSA) is 59.0 Å². The highest BCUT2D eigenvalue weighted by molar-refractivity contribution is 5.57. The van der Waals surface area contributed by atoms with Gasteiger partial charge in [0.1, 0.15) is 17.6 Å². The molecule has 0 bridgehead atoms. The zero-order valence-corrected chi connectivity index (χ0v) is 11.3. The van der Waals surface area contributed by atoms with Crippen LogP contribution < -0.4 is 10.5 Å². The Morgan fingerprint density at radius 1 is 1.11 bits per heavy atom. The summed E-state index contributed by atoms with van der Waals surface area (Å²) in [5.74, 6) is 1.44. The predicted molar refractivity (Wildman–Crippen MR) is 76.3 cm³/mol. The van der Waals surface area contributed by atoms with Crippen LogP contribution in [0.1, 0.15) is 22.3 Å². The zero-order chi connectivity index (χ0) is 14.0. The van der Waals surface area contributed by atoms with E-state index in [9.17, 15) is 0 Å². The van der Waals surface area contributed by atoms with Gasteiger partial charge < -0.3 is 10.5 Å². The summed E-state index contributed by atoms with van der Waals surface area (Å²) in [6.07, 6.45) is 0. The van der Waals surface area contributed by atoms with Gasteiger partial charge in [0.15, 0.2) is 0 Å². The van der Waals surface area contributed by atoms with E-state index in [0.29, 0.717) is 17.0 Å². The number of benzene rings is 2. The van der Waals surface area contributed by atoms with E-state index in [2.05, 4.69) is 19.1 Å². The fourth-order valence-electron chi connectivity index (χ4n) is 1.93. The first kappa shape index (κ1) is 13.0. The van der Waals surface area contributed by atoms with Crippen molar-refractivity contribution in [3.05, 3.63) is 52.6 Å². The highest BCUT2D eigenvalue weighted by atomic mass is 16.5. The molecule has 0 aliphatic heterocycles. The summed E-state index contributed by atoms with van der Waals surface area (Å²) < 4.78 is 5.86. The van der Waals surface area contributed by atoms with Gasteiger partial charge in [-0.05, 0) is 55.7 Å². The Hall–Kier alpha value is -2.47. The third-order valence-corrected chi connectivity index (χ3v) is 3.14. The minimum atomic E-state index is 0.430. The maximum atomic E-state index is 8.97. The van der Waals surface area contributed by atoms with Crippen molar-refractivity contribution >= 4 is 5.69 Å². The van der Waals surface area contributed by atoms with Gasteiger partial charge in [-0.15, -0.1) is 0 Å². The zero-order valence-electron chi connectivity index (χ0n) is 11.3. The third kappa shape index (κ3) is 2.69. The lowest BCUT2D eigenvalue weighted by atomic mass is 10.1. The normalized spacial score (nSPS) is 10.0. The Morgan fingerprint density at radius 2 is 1.84 bits per heavy atom. The molecule has 0 amide bonds. The molecule has 0 heterocycles.